The molecule has 2 aromatic rings. The fourth-order valence-corrected chi connectivity index (χ4v) is 4.18. The topological polar surface area (TPSA) is 26.3 Å². The van der Waals surface area contributed by atoms with Gasteiger partial charge < -0.3 is 0 Å². The molecule has 3 heteroatoms. The average Bonchev–Trinajstić information content (AvgIpc) is 2.30. The third-order valence-corrected chi connectivity index (χ3v) is 5.41. The van der Waals surface area contributed by atoms with Crippen LogP contribution in [0.15, 0.2) is 48.5 Å². The molecule has 0 aromatic heterocycles. The molecule has 0 saturated heterocycles. The molecule has 0 bridgehead atoms. The zero-order chi connectivity index (χ0) is 10.3. The molecule has 2 nitrogen and oxygen atoms in total. The third kappa shape index (κ3) is 1.32. The zero-order valence-electron chi connectivity index (χ0n) is 7.84. The molecule has 0 N–H and O–H groups in total. The molecular formula is C12H8O2Se. The first kappa shape index (κ1) is 8.83. The van der Waals surface area contributed by atoms with Crippen LogP contribution in [-0.4, -0.2) is 13.8 Å². The van der Waals surface area contributed by atoms with Crippen LogP contribution >= 0.6 is 0 Å². The molecule has 0 saturated carbocycles. The van der Waals surface area contributed by atoms with Gasteiger partial charge in [0.2, 0.25) is 0 Å². The van der Waals surface area contributed by atoms with Crippen molar-refractivity contribution in [2.75, 3.05) is 0 Å². The Morgan fingerprint density at radius 1 is 0.800 bits per heavy atom. The van der Waals surface area contributed by atoms with Gasteiger partial charge in [0.25, 0.3) is 0 Å². The van der Waals surface area contributed by atoms with E-state index in [0.717, 1.165) is 20.4 Å². The molecule has 0 fully saturated rings. The fourth-order valence-electron chi connectivity index (χ4n) is 1.61. The summed E-state index contributed by atoms with van der Waals surface area (Å²) in [5, 5.41) is 0. The molecule has 15 heavy (non-hydrogen) atoms. The van der Waals surface area contributed by atoms with Crippen molar-refractivity contribution in [3.05, 3.63) is 48.5 Å². The van der Waals surface area contributed by atoms with Gasteiger partial charge in [-0.15, -0.1) is 0 Å². The van der Waals surface area contributed by atoms with Gasteiger partial charge in [-0.25, -0.2) is 0 Å². The monoisotopic (exact) mass is 264 g/mol. The molecule has 1 heterocycles. The van der Waals surface area contributed by atoms with Crippen LogP contribution in [0.1, 0.15) is 0 Å². The van der Waals surface area contributed by atoms with Crippen molar-refractivity contribution in [1.29, 1.82) is 0 Å². The first-order chi connectivity index (χ1) is 7.36. The van der Waals surface area contributed by atoms with Crippen LogP contribution in [0.3, 0.4) is 0 Å². The number of ether oxygens (including phenoxy) is 1. The SMILES string of the molecule is O=[Se]1c2ccccc2Oc2ccccc21. The minimum atomic E-state index is -2.12. The average molecular weight is 263 g/mol. The van der Waals surface area contributed by atoms with Crippen LogP contribution < -0.4 is 13.7 Å². The summed E-state index contributed by atoms with van der Waals surface area (Å²) in [4.78, 5) is 0. The molecular weight excluding hydrogens is 255 g/mol. The number of hydrogen-bond donors (Lipinski definition) is 0. The van der Waals surface area contributed by atoms with Crippen LogP contribution in [0.4, 0.5) is 0 Å². The van der Waals surface area contributed by atoms with E-state index in [1.54, 1.807) is 0 Å². The van der Waals surface area contributed by atoms with Gasteiger partial charge in [0.1, 0.15) is 0 Å². The van der Waals surface area contributed by atoms with Crippen LogP contribution in [0.25, 0.3) is 0 Å². The summed E-state index contributed by atoms with van der Waals surface area (Å²) in [6.07, 6.45) is 0. The Morgan fingerprint density at radius 3 is 1.80 bits per heavy atom. The molecule has 0 spiro atoms. The standard InChI is InChI=1S/C12H8O2Se/c13-15-11-7-3-1-5-9(11)14-10-6-2-4-8-12(10)15/h1-8H. The molecule has 1 aliphatic rings. The van der Waals surface area contributed by atoms with E-state index in [1.807, 2.05) is 48.5 Å². The summed E-state index contributed by atoms with van der Waals surface area (Å²) in [7, 11) is 0. The van der Waals surface area contributed by atoms with Crippen molar-refractivity contribution in [1.82, 2.24) is 0 Å². The molecule has 0 unspecified atom stereocenters. The Kier molecular flexibility index (Phi) is 1.94. The number of benzene rings is 2. The summed E-state index contributed by atoms with van der Waals surface area (Å²) in [5.41, 5.74) is 0. The van der Waals surface area contributed by atoms with Crippen molar-refractivity contribution < 1.29 is 8.57 Å². The van der Waals surface area contributed by atoms with Gasteiger partial charge in [-0.05, 0) is 0 Å². The van der Waals surface area contributed by atoms with E-state index in [4.69, 9.17) is 4.74 Å². The van der Waals surface area contributed by atoms with Crippen LogP contribution in [0, 0.1) is 0 Å². The Balaban J connectivity index is 2.24. The second kappa shape index (κ2) is 3.30. The van der Waals surface area contributed by atoms with Gasteiger partial charge in [-0.2, -0.15) is 0 Å². The van der Waals surface area contributed by atoms with Crippen molar-refractivity contribution in [2.45, 2.75) is 0 Å². The Bertz CT molecular complexity index is 501. The van der Waals surface area contributed by atoms with E-state index >= 15 is 0 Å². The van der Waals surface area contributed by atoms with Gasteiger partial charge in [0, 0.05) is 0 Å². The van der Waals surface area contributed by atoms with Gasteiger partial charge in [0.05, 0.1) is 0 Å². The van der Waals surface area contributed by atoms with E-state index in [1.165, 1.54) is 0 Å². The molecule has 0 atom stereocenters. The molecule has 1 aliphatic heterocycles. The number of fused-ring (bicyclic) bond motifs is 2. The van der Waals surface area contributed by atoms with Gasteiger partial charge in [-0.3, -0.25) is 0 Å². The summed E-state index contributed by atoms with van der Waals surface area (Å²) < 4.78 is 19.6. The first-order valence-corrected chi connectivity index (χ1v) is 7.05. The molecule has 3 rings (SSSR count). The Hall–Kier alpha value is -1.44. The van der Waals surface area contributed by atoms with Crippen LogP contribution in [0.5, 0.6) is 11.5 Å². The van der Waals surface area contributed by atoms with Crippen molar-refractivity contribution in [2.24, 2.45) is 0 Å². The first-order valence-electron chi connectivity index (χ1n) is 4.64. The number of rotatable bonds is 0. The molecule has 0 aliphatic carbocycles. The van der Waals surface area contributed by atoms with E-state index in [2.05, 4.69) is 0 Å². The van der Waals surface area contributed by atoms with Crippen molar-refractivity contribution in [3.63, 3.8) is 0 Å². The van der Waals surface area contributed by atoms with Gasteiger partial charge >= 0.3 is 91.4 Å². The van der Waals surface area contributed by atoms with Crippen LogP contribution in [0.2, 0.25) is 0 Å². The maximum absolute atomic E-state index is 12.2. The van der Waals surface area contributed by atoms with E-state index in [0.29, 0.717) is 0 Å². The zero-order valence-corrected chi connectivity index (χ0v) is 9.56. The van der Waals surface area contributed by atoms with E-state index in [-0.39, 0.29) is 0 Å². The predicted molar refractivity (Wildman–Crippen MR) is 58.7 cm³/mol. The van der Waals surface area contributed by atoms with Crippen molar-refractivity contribution >= 4 is 22.8 Å². The predicted octanol–water partition coefficient (Wildman–Crippen LogP) is 1.33. The number of hydrogen-bond acceptors (Lipinski definition) is 2. The second-order valence-corrected chi connectivity index (χ2v) is 6.24. The molecule has 0 radical (unpaired) electrons. The normalized spacial score (nSPS) is 13.9. The van der Waals surface area contributed by atoms with E-state index < -0.39 is 13.8 Å². The third-order valence-electron chi connectivity index (χ3n) is 2.32. The summed E-state index contributed by atoms with van der Waals surface area (Å²) in [5.74, 6) is 1.47. The molecule has 0 amide bonds. The number of para-hydroxylation sites is 2. The van der Waals surface area contributed by atoms with Crippen LogP contribution in [-0.2, 0) is 3.83 Å². The summed E-state index contributed by atoms with van der Waals surface area (Å²) in [6, 6.07) is 15.1. The fraction of sp³-hybridized carbons (Fsp3) is 0. The quantitative estimate of drug-likeness (QED) is 0.572. The Morgan fingerprint density at radius 2 is 1.27 bits per heavy atom. The van der Waals surface area contributed by atoms with Gasteiger partial charge in [-0.1, -0.05) is 0 Å². The minimum absolute atomic E-state index is 0.733. The van der Waals surface area contributed by atoms with E-state index in [9.17, 15) is 3.83 Å². The molecule has 74 valence electrons. The molecule has 2 aromatic carbocycles. The van der Waals surface area contributed by atoms with Crippen molar-refractivity contribution in [3.8, 4) is 11.5 Å². The Labute approximate surface area is 91.6 Å². The summed E-state index contributed by atoms with van der Waals surface area (Å²) >= 11 is -2.12. The maximum atomic E-state index is 12.2. The summed E-state index contributed by atoms with van der Waals surface area (Å²) in [6.45, 7) is 0. The second-order valence-electron chi connectivity index (χ2n) is 3.26. The van der Waals surface area contributed by atoms with Gasteiger partial charge in [0.15, 0.2) is 0 Å².